The van der Waals surface area contributed by atoms with E-state index < -0.39 is 5.91 Å². The average molecular weight is 384 g/mol. The van der Waals surface area contributed by atoms with E-state index in [9.17, 15) is 4.79 Å². The van der Waals surface area contributed by atoms with Crippen molar-refractivity contribution in [2.45, 2.75) is 0 Å². The number of nitrogens with zero attached hydrogens (tertiary/aromatic N) is 2. The van der Waals surface area contributed by atoms with Gasteiger partial charge in [0.25, 0.3) is 5.91 Å². The van der Waals surface area contributed by atoms with E-state index in [4.69, 9.17) is 27.6 Å². The topological polar surface area (TPSA) is 68.0 Å². The van der Waals surface area contributed by atoms with E-state index in [1.165, 1.54) is 6.26 Å². The lowest BCUT2D eigenvalue weighted by molar-refractivity contribution is 0.102. The lowest BCUT2D eigenvalue weighted by Gasteiger charge is -2.06. The van der Waals surface area contributed by atoms with Gasteiger partial charge in [0.05, 0.1) is 21.2 Å². The fraction of sp³-hybridized carbons (Fsp3) is 0. The molecule has 26 heavy (non-hydrogen) atoms. The van der Waals surface area contributed by atoms with Crippen LogP contribution in [0.5, 0.6) is 0 Å². The molecule has 128 valence electrons. The molecule has 0 aliphatic rings. The number of halogens is 2. The minimum atomic E-state index is -0.391. The van der Waals surface area contributed by atoms with Gasteiger partial charge in [-0.2, -0.15) is 0 Å². The zero-order valence-corrected chi connectivity index (χ0v) is 14.8. The Morgan fingerprint density at radius 1 is 1.04 bits per heavy atom. The molecule has 1 amide bonds. The van der Waals surface area contributed by atoms with Crippen LogP contribution in [0.4, 0.5) is 5.69 Å². The summed E-state index contributed by atoms with van der Waals surface area (Å²) >= 11 is 11.9. The highest BCUT2D eigenvalue weighted by atomic mass is 35.5. The molecule has 0 unspecified atom stereocenters. The molecule has 0 bridgehead atoms. The highest BCUT2D eigenvalue weighted by Crippen LogP contribution is 2.28. The van der Waals surface area contributed by atoms with Gasteiger partial charge < -0.3 is 9.73 Å². The van der Waals surface area contributed by atoms with Crippen LogP contribution >= 0.6 is 23.2 Å². The van der Waals surface area contributed by atoms with Crippen molar-refractivity contribution < 1.29 is 9.21 Å². The van der Waals surface area contributed by atoms with Crippen molar-refractivity contribution in [3.8, 4) is 11.5 Å². The second-order valence-electron chi connectivity index (χ2n) is 5.50. The molecular weight excluding hydrogens is 373 g/mol. The molecule has 0 fully saturated rings. The van der Waals surface area contributed by atoms with Crippen LogP contribution in [-0.4, -0.2) is 15.9 Å². The number of amides is 1. The van der Waals surface area contributed by atoms with E-state index in [2.05, 4.69) is 15.3 Å². The van der Waals surface area contributed by atoms with Crippen LogP contribution in [0.15, 0.2) is 65.4 Å². The first kappa shape index (κ1) is 16.6. The minimum absolute atomic E-state index is 0.152. The summed E-state index contributed by atoms with van der Waals surface area (Å²) in [5.74, 6) is -0.108. The number of hydrogen-bond acceptors (Lipinski definition) is 4. The predicted molar refractivity (Wildman–Crippen MR) is 102 cm³/mol. The Bertz CT molecular complexity index is 1120. The number of oxazole rings is 1. The molecule has 4 rings (SSSR count). The maximum atomic E-state index is 12.5. The highest BCUT2D eigenvalue weighted by molar-refractivity contribution is 6.42. The number of anilines is 1. The molecule has 2 aromatic carbocycles. The summed E-state index contributed by atoms with van der Waals surface area (Å²) in [4.78, 5) is 21.1. The Kier molecular flexibility index (Phi) is 4.32. The van der Waals surface area contributed by atoms with Gasteiger partial charge in [-0.15, -0.1) is 0 Å². The Hall–Kier alpha value is -2.89. The van der Waals surface area contributed by atoms with Crippen LogP contribution in [0.3, 0.4) is 0 Å². The second-order valence-corrected chi connectivity index (χ2v) is 6.32. The number of hydrogen-bond donors (Lipinski definition) is 1. The number of carbonyl (C=O) groups excluding carboxylic acids is 1. The van der Waals surface area contributed by atoms with Crippen molar-refractivity contribution >= 4 is 45.7 Å². The fourth-order valence-electron chi connectivity index (χ4n) is 2.53. The summed E-state index contributed by atoms with van der Waals surface area (Å²) in [5, 5.41) is 4.57. The molecule has 7 heteroatoms. The number of para-hydroxylation sites is 1. The molecule has 0 saturated heterocycles. The molecule has 5 nitrogen and oxygen atoms in total. The number of aromatic nitrogens is 2. The van der Waals surface area contributed by atoms with Crippen LogP contribution < -0.4 is 5.32 Å². The highest BCUT2D eigenvalue weighted by Gasteiger charge is 2.15. The number of fused-ring (bicyclic) bond motifs is 1. The van der Waals surface area contributed by atoms with Gasteiger partial charge in [-0.05, 0) is 30.3 Å². The molecule has 1 N–H and O–H groups in total. The molecule has 0 spiro atoms. The van der Waals surface area contributed by atoms with Gasteiger partial charge in [0.1, 0.15) is 6.26 Å². The SMILES string of the molecule is O=C(Nc1cccc2cccnc12)c1coc(-c2ccc(Cl)c(Cl)c2)n1. The lowest BCUT2D eigenvalue weighted by Crippen LogP contribution is -2.12. The summed E-state index contributed by atoms with van der Waals surface area (Å²) < 4.78 is 5.40. The quantitative estimate of drug-likeness (QED) is 0.510. The van der Waals surface area contributed by atoms with Gasteiger partial charge >= 0.3 is 0 Å². The molecule has 2 heterocycles. The monoisotopic (exact) mass is 383 g/mol. The number of nitrogens with one attached hydrogen (secondary N) is 1. The Labute approximate surface area is 158 Å². The van der Waals surface area contributed by atoms with Crippen LogP contribution in [0.2, 0.25) is 10.0 Å². The Balaban J connectivity index is 1.61. The molecule has 2 aromatic heterocycles. The molecule has 0 aliphatic heterocycles. The van der Waals surface area contributed by atoms with Gasteiger partial charge in [-0.3, -0.25) is 9.78 Å². The van der Waals surface area contributed by atoms with Crippen LogP contribution in [0.1, 0.15) is 10.5 Å². The smallest absolute Gasteiger partial charge is 0.277 e. The van der Waals surface area contributed by atoms with Crippen molar-refractivity contribution in [1.82, 2.24) is 9.97 Å². The number of benzene rings is 2. The third kappa shape index (κ3) is 3.14. The van der Waals surface area contributed by atoms with Gasteiger partial charge in [-0.1, -0.05) is 41.4 Å². The van der Waals surface area contributed by atoms with Crippen LogP contribution in [0.25, 0.3) is 22.4 Å². The molecule has 0 aliphatic carbocycles. The minimum Gasteiger partial charge on any atom is -0.444 e. The maximum absolute atomic E-state index is 12.5. The third-order valence-corrected chi connectivity index (χ3v) is 4.52. The van der Waals surface area contributed by atoms with Crippen molar-refractivity contribution in [2.24, 2.45) is 0 Å². The van der Waals surface area contributed by atoms with Gasteiger partial charge in [0.15, 0.2) is 5.69 Å². The van der Waals surface area contributed by atoms with Gasteiger partial charge in [0.2, 0.25) is 5.89 Å². The van der Waals surface area contributed by atoms with E-state index in [1.807, 2.05) is 24.3 Å². The maximum Gasteiger partial charge on any atom is 0.277 e. The first-order chi connectivity index (χ1) is 12.6. The summed E-state index contributed by atoms with van der Waals surface area (Å²) in [6.45, 7) is 0. The molecule has 0 radical (unpaired) electrons. The summed E-state index contributed by atoms with van der Waals surface area (Å²) in [7, 11) is 0. The number of rotatable bonds is 3. The molecular formula is C19H11Cl2N3O2. The lowest BCUT2D eigenvalue weighted by atomic mass is 10.2. The van der Waals surface area contributed by atoms with Crippen molar-refractivity contribution in [2.75, 3.05) is 5.32 Å². The van der Waals surface area contributed by atoms with Gasteiger partial charge in [0, 0.05) is 17.1 Å². The largest absolute Gasteiger partial charge is 0.444 e. The fourth-order valence-corrected chi connectivity index (χ4v) is 2.83. The van der Waals surface area contributed by atoms with Crippen molar-refractivity contribution in [3.63, 3.8) is 0 Å². The second kappa shape index (κ2) is 6.78. The van der Waals surface area contributed by atoms with Crippen LogP contribution in [-0.2, 0) is 0 Å². The Morgan fingerprint density at radius 3 is 2.73 bits per heavy atom. The average Bonchev–Trinajstić information content (AvgIpc) is 3.15. The summed E-state index contributed by atoms with van der Waals surface area (Å²) in [6.07, 6.45) is 2.97. The third-order valence-electron chi connectivity index (χ3n) is 3.78. The van der Waals surface area contributed by atoms with E-state index in [0.29, 0.717) is 26.8 Å². The van der Waals surface area contributed by atoms with E-state index in [0.717, 1.165) is 5.39 Å². The molecule has 0 saturated carbocycles. The standard InChI is InChI=1S/C19H11Cl2N3O2/c20-13-7-6-12(9-14(13)21)19-24-16(10-26-19)18(25)23-15-5-1-3-11-4-2-8-22-17(11)15/h1-10H,(H,23,25). The normalized spacial score (nSPS) is 10.8. The Morgan fingerprint density at radius 2 is 1.88 bits per heavy atom. The van der Waals surface area contributed by atoms with Gasteiger partial charge in [-0.25, -0.2) is 4.98 Å². The van der Waals surface area contributed by atoms with Crippen molar-refractivity contribution in [1.29, 1.82) is 0 Å². The first-order valence-corrected chi connectivity index (χ1v) is 8.43. The molecule has 0 atom stereocenters. The predicted octanol–water partition coefficient (Wildman–Crippen LogP) is 5.45. The van der Waals surface area contributed by atoms with E-state index in [-0.39, 0.29) is 11.6 Å². The number of carbonyl (C=O) groups is 1. The molecule has 4 aromatic rings. The van der Waals surface area contributed by atoms with Crippen molar-refractivity contribution in [3.05, 3.63) is 76.7 Å². The zero-order chi connectivity index (χ0) is 18.1. The zero-order valence-electron chi connectivity index (χ0n) is 13.2. The first-order valence-electron chi connectivity index (χ1n) is 7.68. The van der Waals surface area contributed by atoms with E-state index in [1.54, 1.807) is 30.5 Å². The van der Waals surface area contributed by atoms with Crippen LogP contribution in [0, 0.1) is 0 Å². The number of pyridine rings is 1. The summed E-state index contributed by atoms with van der Waals surface area (Å²) in [6, 6.07) is 14.3. The summed E-state index contributed by atoms with van der Waals surface area (Å²) in [5.41, 5.74) is 2.09. The van der Waals surface area contributed by atoms with E-state index >= 15 is 0 Å².